The number of benzene rings is 1. The topological polar surface area (TPSA) is 61.4 Å². The van der Waals surface area contributed by atoms with Gasteiger partial charge in [-0.2, -0.15) is 0 Å². The summed E-state index contributed by atoms with van der Waals surface area (Å²) in [5.41, 5.74) is 0.0735. The van der Waals surface area contributed by atoms with Gasteiger partial charge in [0.2, 0.25) is 0 Å². The first-order valence-corrected chi connectivity index (χ1v) is 5.62. The molecule has 1 unspecified atom stereocenters. The van der Waals surface area contributed by atoms with E-state index < -0.39 is 23.6 Å². The normalized spacial score (nSPS) is 12.2. The molecule has 0 aliphatic heterocycles. The van der Waals surface area contributed by atoms with Crippen LogP contribution in [0, 0.1) is 11.6 Å². The molecule has 0 aliphatic carbocycles. The number of amides is 1. The predicted molar refractivity (Wildman–Crippen MR) is 63.2 cm³/mol. The Morgan fingerprint density at radius 1 is 1.33 bits per heavy atom. The summed E-state index contributed by atoms with van der Waals surface area (Å²) in [7, 11) is 0. The van der Waals surface area contributed by atoms with Gasteiger partial charge in [0.05, 0.1) is 6.10 Å². The molecule has 0 bridgehead atoms. The van der Waals surface area contributed by atoms with E-state index in [0.717, 1.165) is 12.1 Å². The van der Waals surface area contributed by atoms with Crippen molar-refractivity contribution >= 4 is 5.91 Å². The highest BCUT2D eigenvalue weighted by Crippen LogP contribution is 2.08. The van der Waals surface area contributed by atoms with Crippen LogP contribution in [0.2, 0.25) is 0 Å². The maximum Gasteiger partial charge on any atom is 0.251 e. The molecule has 0 spiro atoms. The molecule has 6 heteroatoms. The Bertz CT molecular complexity index is 411. The Labute approximate surface area is 104 Å². The highest BCUT2D eigenvalue weighted by atomic mass is 19.2. The minimum Gasteiger partial charge on any atom is -0.392 e. The second-order valence-electron chi connectivity index (χ2n) is 3.94. The molecule has 1 aromatic rings. The first-order chi connectivity index (χ1) is 8.50. The second-order valence-corrected chi connectivity index (χ2v) is 3.94. The summed E-state index contributed by atoms with van der Waals surface area (Å²) < 4.78 is 25.5. The minimum atomic E-state index is -1.05. The van der Waals surface area contributed by atoms with Crippen molar-refractivity contribution in [1.29, 1.82) is 0 Å². The van der Waals surface area contributed by atoms with Crippen molar-refractivity contribution in [3.63, 3.8) is 0 Å². The fourth-order valence-corrected chi connectivity index (χ4v) is 1.31. The fourth-order valence-electron chi connectivity index (χ4n) is 1.31. The van der Waals surface area contributed by atoms with Crippen molar-refractivity contribution in [2.24, 2.45) is 0 Å². The molecule has 0 saturated heterocycles. The van der Waals surface area contributed by atoms with Crippen LogP contribution in [0.15, 0.2) is 18.2 Å². The molecule has 0 aromatic heterocycles. The highest BCUT2D eigenvalue weighted by molar-refractivity contribution is 5.94. The number of hydrogen-bond acceptors (Lipinski definition) is 3. The lowest BCUT2D eigenvalue weighted by atomic mass is 10.2. The number of aliphatic hydroxyl groups is 1. The third-order valence-electron chi connectivity index (χ3n) is 2.21. The lowest BCUT2D eigenvalue weighted by Crippen LogP contribution is -2.34. The van der Waals surface area contributed by atoms with Crippen LogP contribution in [0.25, 0.3) is 0 Å². The standard InChI is InChI=1S/C12H16F2N2O2/c1-8(17)7-15-4-5-16-12(18)9-2-3-10(13)11(14)6-9/h2-3,6,8,15,17H,4-5,7H2,1H3,(H,16,18). The van der Waals surface area contributed by atoms with E-state index in [-0.39, 0.29) is 5.56 Å². The van der Waals surface area contributed by atoms with E-state index in [1.165, 1.54) is 6.07 Å². The summed E-state index contributed by atoms with van der Waals surface area (Å²) in [6.07, 6.45) is -0.452. The van der Waals surface area contributed by atoms with Crippen molar-refractivity contribution in [2.75, 3.05) is 19.6 Å². The Morgan fingerprint density at radius 3 is 2.67 bits per heavy atom. The van der Waals surface area contributed by atoms with Gasteiger partial charge in [-0.1, -0.05) is 0 Å². The number of carbonyl (C=O) groups is 1. The number of halogens is 2. The van der Waals surface area contributed by atoms with Crippen LogP contribution in [-0.4, -0.2) is 36.8 Å². The summed E-state index contributed by atoms with van der Waals surface area (Å²) in [5, 5.41) is 14.4. The lowest BCUT2D eigenvalue weighted by molar-refractivity contribution is 0.0953. The van der Waals surface area contributed by atoms with Crippen LogP contribution in [-0.2, 0) is 0 Å². The molecule has 1 aromatic carbocycles. The third-order valence-corrected chi connectivity index (χ3v) is 2.21. The van der Waals surface area contributed by atoms with E-state index in [9.17, 15) is 13.6 Å². The zero-order chi connectivity index (χ0) is 13.5. The summed E-state index contributed by atoms with van der Waals surface area (Å²) in [5.74, 6) is -2.49. The first kappa shape index (κ1) is 14.5. The number of hydrogen-bond donors (Lipinski definition) is 3. The smallest absolute Gasteiger partial charge is 0.251 e. The summed E-state index contributed by atoms with van der Waals surface area (Å²) in [6, 6.07) is 2.99. The molecule has 100 valence electrons. The molecule has 1 amide bonds. The number of aliphatic hydroxyl groups excluding tert-OH is 1. The largest absolute Gasteiger partial charge is 0.392 e. The van der Waals surface area contributed by atoms with E-state index in [2.05, 4.69) is 10.6 Å². The van der Waals surface area contributed by atoms with Gasteiger partial charge >= 0.3 is 0 Å². The quantitative estimate of drug-likeness (QED) is 0.657. The van der Waals surface area contributed by atoms with Crippen LogP contribution in [0.4, 0.5) is 8.78 Å². The van der Waals surface area contributed by atoms with Gasteiger partial charge in [-0.15, -0.1) is 0 Å². The highest BCUT2D eigenvalue weighted by Gasteiger charge is 2.08. The van der Waals surface area contributed by atoms with Crippen molar-refractivity contribution in [3.05, 3.63) is 35.4 Å². The third kappa shape index (κ3) is 4.77. The van der Waals surface area contributed by atoms with Crippen LogP contribution in [0.5, 0.6) is 0 Å². The Morgan fingerprint density at radius 2 is 2.06 bits per heavy atom. The molecule has 0 aliphatic rings. The Hall–Kier alpha value is -1.53. The summed E-state index contributed by atoms with van der Waals surface area (Å²) in [4.78, 5) is 11.5. The maximum absolute atomic E-state index is 12.9. The molecular formula is C12H16F2N2O2. The molecule has 0 fully saturated rings. The van der Waals surface area contributed by atoms with Crippen molar-refractivity contribution in [1.82, 2.24) is 10.6 Å². The van der Waals surface area contributed by atoms with Gasteiger partial charge in [-0.25, -0.2) is 8.78 Å². The monoisotopic (exact) mass is 258 g/mol. The fraction of sp³-hybridized carbons (Fsp3) is 0.417. The predicted octanol–water partition coefficient (Wildman–Crippen LogP) is 0.665. The van der Waals surface area contributed by atoms with E-state index in [1.807, 2.05) is 0 Å². The van der Waals surface area contributed by atoms with Crippen LogP contribution >= 0.6 is 0 Å². The van der Waals surface area contributed by atoms with Gasteiger partial charge in [0.25, 0.3) is 5.91 Å². The average molecular weight is 258 g/mol. The van der Waals surface area contributed by atoms with Crippen LogP contribution < -0.4 is 10.6 Å². The first-order valence-electron chi connectivity index (χ1n) is 5.62. The molecule has 0 radical (unpaired) electrons. The van der Waals surface area contributed by atoms with Crippen molar-refractivity contribution < 1.29 is 18.7 Å². The molecule has 18 heavy (non-hydrogen) atoms. The van der Waals surface area contributed by atoms with Gasteiger partial charge in [-0.05, 0) is 25.1 Å². The van der Waals surface area contributed by atoms with E-state index in [0.29, 0.717) is 19.6 Å². The lowest BCUT2D eigenvalue weighted by Gasteiger charge is -2.08. The number of rotatable bonds is 6. The number of carbonyl (C=O) groups excluding carboxylic acids is 1. The van der Waals surface area contributed by atoms with E-state index in [4.69, 9.17) is 5.11 Å². The average Bonchev–Trinajstić information content (AvgIpc) is 2.31. The summed E-state index contributed by atoms with van der Waals surface area (Å²) >= 11 is 0. The Balaban J connectivity index is 2.34. The van der Waals surface area contributed by atoms with E-state index >= 15 is 0 Å². The number of nitrogens with one attached hydrogen (secondary N) is 2. The Kier molecular flexibility index (Phi) is 5.67. The van der Waals surface area contributed by atoms with Crippen molar-refractivity contribution in [2.45, 2.75) is 13.0 Å². The molecule has 0 heterocycles. The van der Waals surface area contributed by atoms with Gasteiger partial charge in [-0.3, -0.25) is 4.79 Å². The van der Waals surface area contributed by atoms with Crippen LogP contribution in [0.1, 0.15) is 17.3 Å². The van der Waals surface area contributed by atoms with E-state index in [1.54, 1.807) is 6.92 Å². The van der Waals surface area contributed by atoms with Crippen LogP contribution in [0.3, 0.4) is 0 Å². The summed E-state index contributed by atoms with van der Waals surface area (Å²) in [6.45, 7) is 2.90. The zero-order valence-electron chi connectivity index (χ0n) is 10.0. The maximum atomic E-state index is 12.9. The molecule has 1 atom stereocenters. The zero-order valence-corrected chi connectivity index (χ0v) is 10.0. The van der Waals surface area contributed by atoms with Crippen molar-refractivity contribution in [3.8, 4) is 0 Å². The molecule has 4 nitrogen and oxygen atoms in total. The molecular weight excluding hydrogens is 242 g/mol. The molecule has 0 saturated carbocycles. The van der Waals surface area contributed by atoms with Gasteiger partial charge in [0.1, 0.15) is 0 Å². The van der Waals surface area contributed by atoms with Gasteiger partial charge < -0.3 is 15.7 Å². The van der Waals surface area contributed by atoms with Gasteiger partial charge in [0.15, 0.2) is 11.6 Å². The SMILES string of the molecule is CC(O)CNCCNC(=O)c1ccc(F)c(F)c1. The van der Waals surface area contributed by atoms with Gasteiger partial charge in [0, 0.05) is 25.2 Å². The molecule has 1 rings (SSSR count). The second kappa shape index (κ2) is 7.03. The minimum absolute atomic E-state index is 0.0735. The molecule has 3 N–H and O–H groups in total.